The Bertz CT molecular complexity index is 1360. The van der Waals surface area contributed by atoms with Crippen molar-refractivity contribution in [1.82, 2.24) is 0 Å². The zero-order valence-corrected chi connectivity index (χ0v) is 18.9. The Morgan fingerprint density at radius 2 is 1.34 bits per heavy atom. The fraction of sp³-hybridized carbons (Fsp3) is 0.233. The van der Waals surface area contributed by atoms with Crippen molar-refractivity contribution < 1.29 is 19.1 Å². The second-order valence-electron chi connectivity index (χ2n) is 9.97. The van der Waals surface area contributed by atoms with Crippen LogP contribution in [0.4, 0.5) is 5.69 Å². The molecule has 1 heterocycles. The molecular weight excluding hydrogens is 438 g/mol. The van der Waals surface area contributed by atoms with Gasteiger partial charge < -0.3 is 4.74 Å². The molecule has 2 saturated carbocycles. The predicted octanol–water partition coefficient (Wildman–Crippen LogP) is 5.13. The highest BCUT2D eigenvalue weighted by Gasteiger charge is 2.67. The molecular formula is C30H23NO4. The van der Waals surface area contributed by atoms with Gasteiger partial charge >= 0.3 is 5.97 Å². The number of imide groups is 1. The molecule has 5 aliphatic rings. The molecule has 1 aliphatic heterocycles. The largest absolute Gasteiger partial charge is 0.422 e. The number of carbonyl (C=O) groups is 3. The van der Waals surface area contributed by atoms with Gasteiger partial charge in [0, 0.05) is 5.56 Å². The Balaban J connectivity index is 1.12. The fourth-order valence-corrected chi connectivity index (χ4v) is 6.53. The molecule has 2 amide bonds. The Hall–Kier alpha value is -3.99. The van der Waals surface area contributed by atoms with Crippen LogP contribution in [0, 0.1) is 35.5 Å². The summed E-state index contributed by atoms with van der Waals surface area (Å²) in [5.74, 6) is 0.830. The molecule has 0 radical (unpaired) electrons. The second-order valence-corrected chi connectivity index (χ2v) is 9.97. The number of hydrogen-bond acceptors (Lipinski definition) is 4. The minimum absolute atomic E-state index is 0.100. The smallest absolute Gasteiger partial charge is 0.343 e. The first-order valence-electron chi connectivity index (χ1n) is 12.1. The van der Waals surface area contributed by atoms with E-state index < -0.39 is 5.97 Å². The lowest BCUT2D eigenvalue weighted by Crippen LogP contribution is -2.40. The summed E-state index contributed by atoms with van der Waals surface area (Å²) < 4.78 is 5.73. The average molecular weight is 462 g/mol. The van der Waals surface area contributed by atoms with Crippen LogP contribution in [0.15, 0.2) is 91.0 Å². The quantitative estimate of drug-likeness (QED) is 0.234. The molecule has 5 heteroatoms. The van der Waals surface area contributed by atoms with Gasteiger partial charge in [-0.2, -0.15) is 0 Å². The summed E-state index contributed by atoms with van der Waals surface area (Å²) in [6.45, 7) is 0. The number of rotatable bonds is 4. The van der Waals surface area contributed by atoms with Crippen molar-refractivity contribution in [3.05, 3.63) is 96.6 Å². The monoisotopic (exact) mass is 461 g/mol. The number of benzene rings is 3. The van der Waals surface area contributed by atoms with Crippen LogP contribution < -0.4 is 9.64 Å². The normalized spacial score (nSPS) is 29.7. The summed E-state index contributed by atoms with van der Waals surface area (Å²) in [6, 6.07) is 23.7. The number of amides is 2. The summed E-state index contributed by atoms with van der Waals surface area (Å²) >= 11 is 0. The molecule has 3 fully saturated rings. The van der Waals surface area contributed by atoms with E-state index in [-0.39, 0.29) is 35.5 Å². The van der Waals surface area contributed by atoms with Crippen LogP contribution in [0.2, 0.25) is 0 Å². The molecule has 35 heavy (non-hydrogen) atoms. The highest BCUT2D eigenvalue weighted by molar-refractivity contribution is 6.22. The van der Waals surface area contributed by atoms with Crippen molar-refractivity contribution in [2.45, 2.75) is 6.42 Å². The van der Waals surface area contributed by atoms with E-state index in [0.29, 0.717) is 28.8 Å². The summed E-state index contributed by atoms with van der Waals surface area (Å²) in [4.78, 5) is 40.9. The molecule has 172 valence electrons. The van der Waals surface area contributed by atoms with Crippen molar-refractivity contribution >= 4 is 23.5 Å². The van der Waals surface area contributed by atoms with Gasteiger partial charge in [0.2, 0.25) is 11.8 Å². The van der Waals surface area contributed by atoms with E-state index >= 15 is 0 Å². The molecule has 0 N–H and O–H groups in total. The van der Waals surface area contributed by atoms with Crippen LogP contribution >= 0.6 is 0 Å². The predicted molar refractivity (Wildman–Crippen MR) is 130 cm³/mol. The van der Waals surface area contributed by atoms with Gasteiger partial charge in [0.15, 0.2) is 0 Å². The molecule has 1 saturated heterocycles. The molecule has 2 bridgehead atoms. The topological polar surface area (TPSA) is 63.7 Å². The van der Waals surface area contributed by atoms with Crippen LogP contribution in [0.25, 0.3) is 11.1 Å². The Labute approximate surface area is 203 Å². The van der Waals surface area contributed by atoms with Crippen LogP contribution in [0.3, 0.4) is 0 Å². The maximum absolute atomic E-state index is 13.3. The van der Waals surface area contributed by atoms with Gasteiger partial charge in [-0.15, -0.1) is 0 Å². The first-order chi connectivity index (χ1) is 17.1. The number of hydrogen-bond donors (Lipinski definition) is 0. The highest BCUT2D eigenvalue weighted by Crippen LogP contribution is 2.65. The van der Waals surface area contributed by atoms with Crippen molar-refractivity contribution in [2.75, 3.05) is 4.90 Å². The first-order valence-corrected chi connectivity index (χ1v) is 12.1. The second kappa shape index (κ2) is 7.51. The molecule has 3 aromatic carbocycles. The van der Waals surface area contributed by atoms with Gasteiger partial charge in [0.05, 0.1) is 23.1 Å². The average Bonchev–Trinajstić information content (AvgIpc) is 3.68. The fourth-order valence-electron chi connectivity index (χ4n) is 6.53. The minimum atomic E-state index is -0.491. The Kier molecular flexibility index (Phi) is 4.37. The van der Waals surface area contributed by atoms with E-state index in [0.717, 1.165) is 17.5 Å². The van der Waals surface area contributed by atoms with Crippen molar-refractivity contribution in [3.63, 3.8) is 0 Å². The number of nitrogens with zero attached hydrogens (tertiary/aromatic N) is 1. The third-order valence-electron chi connectivity index (χ3n) is 8.20. The zero-order chi connectivity index (χ0) is 23.7. The van der Waals surface area contributed by atoms with E-state index in [9.17, 15) is 14.4 Å². The minimum Gasteiger partial charge on any atom is -0.422 e. The van der Waals surface area contributed by atoms with E-state index in [1.807, 2.05) is 48.5 Å². The third-order valence-corrected chi connectivity index (χ3v) is 8.20. The summed E-state index contributed by atoms with van der Waals surface area (Å²) in [5.41, 5.74) is 2.66. The van der Waals surface area contributed by atoms with Gasteiger partial charge in [-0.3, -0.25) is 14.5 Å². The van der Waals surface area contributed by atoms with Crippen LogP contribution in [-0.2, 0) is 9.59 Å². The molecule has 4 aliphatic carbocycles. The van der Waals surface area contributed by atoms with Crippen molar-refractivity contribution in [2.24, 2.45) is 35.5 Å². The lowest BCUT2D eigenvalue weighted by molar-refractivity contribution is -0.124. The van der Waals surface area contributed by atoms with Crippen molar-refractivity contribution in [1.29, 1.82) is 0 Å². The van der Waals surface area contributed by atoms with Crippen LogP contribution in [0.1, 0.15) is 16.8 Å². The molecule has 6 atom stereocenters. The molecule has 3 aromatic rings. The van der Waals surface area contributed by atoms with Crippen molar-refractivity contribution in [3.8, 4) is 16.9 Å². The summed E-state index contributed by atoms with van der Waals surface area (Å²) in [7, 11) is 0. The molecule has 0 spiro atoms. The van der Waals surface area contributed by atoms with Crippen LogP contribution in [0.5, 0.6) is 5.75 Å². The van der Waals surface area contributed by atoms with Crippen LogP contribution in [-0.4, -0.2) is 17.8 Å². The van der Waals surface area contributed by atoms with E-state index in [4.69, 9.17) is 4.74 Å². The maximum Gasteiger partial charge on any atom is 0.343 e. The standard InChI is InChI=1S/C30H23NO4/c32-28-26-21-14-15-22(24-16-23(21)24)27(26)29(33)31(28)19-12-10-18(11-13-19)30(34)35-25-9-5-4-8-20(25)17-6-2-1-3-7-17/h1-15,21-24,26-27H,16H2. The number of ether oxygens (including phenoxy) is 1. The van der Waals surface area contributed by atoms with Gasteiger partial charge in [0.25, 0.3) is 0 Å². The Morgan fingerprint density at radius 1 is 0.743 bits per heavy atom. The summed E-state index contributed by atoms with van der Waals surface area (Å²) in [6.07, 6.45) is 5.47. The number of anilines is 1. The number of esters is 1. The van der Waals surface area contributed by atoms with E-state index in [2.05, 4.69) is 12.2 Å². The van der Waals surface area contributed by atoms with Gasteiger partial charge in [-0.05, 0) is 66.0 Å². The lowest BCUT2D eigenvalue weighted by Gasteiger charge is -2.37. The van der Waals surface area contributed by atoms with E-state index in [1.54, 1.807) is 30.3 Å². The molecule has 5 nitrogen and oxygen atoms in total. The zero-order valence-electron chi connectivity index (χ0n) is 18.9. The third kappa shape index (κ3) is 3.04. The van der Waals surface area contributed by atoms with Gasteiger partial charge in [-0.25, -0.2) is 4.79 Å². The van der Waals surface area contributed by atoms with Gasteiger partial charge in [-0.1, -0.05) is 60.7 Å². The highest BCUT2D eigenvalue weighted by atomic mass is 16.5. The SMILES string of the molecule is O=C(Oc1ccccc1-c1ccccc1)c1ccc(N2C(=O)C3C4C=CC(C5CC45)C3C2=O)cc1. The lowest BCUT2D eigenvalue weighted by atomic mass is 9.63. The molecule has 0 aromatic heterocycles. The Morgan fingerprint density at radius 3 is 2.00 bits per heavy atom. The molecule has 6 unspecified atom stereocenters. The van der Waals surface area contributed by atoms with Gasteiger partial charge in [0.1, 0.15) is 5.75 Å². The van der Waals surface area contributed by atoms with E-state index in [1.165, 1.54) is 4.90 Å². The first kappa shape index (κ1) is 20.4. The summed E-state index contributed by atoms with van der Waals surface area (Å²) in [5, 5.41) is 0. The number of carbonyl (C=O) groups excluding carboxylic acids is 3. The number of allylic oxidation sites excluding steroid dienone is 2. The number of para-hydroxylation sites is 1. The maximum atomic E-state index is 13.3. The molecule has 8 rings (SSSR count).